The first-order chi connectivity index (χ1) is 14.7. The van der Waals surface area contributed by atoms with Gasteiger partial charge in [0.05, 0.1) is 18.1 Å². The Morgan fingerprint density at radius 1 is 1.13 bits per heavy atom. The van der Waals surface area contributed by atoms with Gasteiger partial charge in [0.15, 0.2) is 0 Å². The number of ether oxygens (including phenoxy) is 1. The predicted octanol–water partition coefficient (Wildman–Crippen LogP) is 4.38. The van der Waals surface area contributed by atoms with Crippen molar-refractivity contribution in [2.45, 2.75) is 70.4 Å². The molecule has 1 aliphatic carbocycles. The number of hydrogen-bond acceptors (Lipinski definition) is 4. The van der Waals surface area contributed by atoms with E-state index in [9.17, 15) is 4.79 Å². The molecule has 0 aromatic heterocycles. The topological polar surface area (TPSA) is 62.4 Å². The van der Waals surface area contributed by atoms with E-state index in [0.717, 1.165) is 61.0 Å². The van der Waals surface area contributed by atoms with E-state index in [-0.39, 0.29) is 30.3 Å². The monoisotopic (exact) mass is 467 g/mol. The molecule has 0 unspecified atom stereocenters. The second-order valence-electron chi connectivity index (χ2n) is 8.73. The summed E-state index contributed by atoms with van der Waals surface area (Å²) in [5.41, 5.74) is 1.15. The van der Waals surface area contributed by atoms with Crippen molar-refractivity contribution in [3.8, 4) is 5.75 Å². The van der Waals surface area contributed by atoms with E-state index in [1.54, 1.807) is 7.11 Å². The van der Waals surface area contributed by atoms with Gasteiger partial charge < -0.3 is 20.7 Å². The fraction of sp³-hybridized carbons (Fsp3) is 0.667. The number of hydrogen-bond donors (Lipinski definition) is 3. The van der Waals surface area contributed by atoms with Crippen LogP contribution in [0.2, 0.25) is 0 Å². The molecule has 3 N–H and O–H groups in total. The van der Waals surface area contributed by atoms with E-state index in [1.165, 1.54) is 32.1 Å². The Labute approximate surface area is 198 Å². The van der Waals surface area contributed by atoms with Gasteiger partial charge in [-0.3, -0.25) is 4.79 Å². The highest BCUT2D eigenvalue weighted by atomic mass is 35.5. The predicted molar refractivity (Wildman–Crippen MR) is 133 cm³/mol. The van der Waals surface area contributed by atoms with Crippen LogP contribution in [0.3, 0.4) is 0 Å². The maximum atomic E-state index is 12.9. The highest BCUT2D eigenvalue weighted by molar-refractivity contribution is 7.80. The van der Waals surface area contributed by atoms with Crippen LogP contribution in [0.15, 0.2) is 24.3 Å². The molecule has 1 saturated heterocycles. The van der Waals surface area contributed by atoms with Crippen molar-refractivity contribution in [3.05, 3.63) is 29.8 Å². The van der Waals surface area contributed by atoms with Gasteiger partial charge in [-0.1, -0.05) is 56.5 Å². The zero-order valence-corrected chi connectivity index (χ0v) is 20.3. The Morgan fingerprint density at radius 2 is 1.81 bits per heavy atom. The normalized spacial score (nSPS) is 18.5. The lowest BCUT2D eigenvalue weighted by Gasteiger charge is -2.28. The van der Waals surface area contributed by atoms with Crippen molar-refractivity contribution in [3.63, 3.8) is 0 Å². The molecular formula is C24H38ClN3O2S. The van der Waals surface area contributed by atoms with Crippen molar-refractivity contribution in [1.82, 2.24) is 16.0 Å². The molecule has 1 atom stereocenters. The van der Waals surface area contributed by atoms with Crippen molar-refractivity contribution in [2.75, 3.05) is 20.2 Å². The highest BCUT2D eigenvalue weighted by Gasteiger charge is 2.26. The summed E-state index contributed by atoms with van der Waals surface area (Å²) in [5, 5.41) is 10.0. The summed E-state index contributed by atoms with van der Waals surface area (Å²) in [4.78, 5) is 13.6. The number of nitrogens with one attached hydrogen (secondary N) is 3. The standard InChI is InChI=1S/C24H37N3O2S.ClH/c1-29-21-10-7-19(8-11-21)17-26-24(30)22(12-9-18-5-3-2-4-6-18)27-23(28)20-13-15-25-16-14-20;/h7-8,10-11,18,20,22,25H,2-6,9,12-17H2,1H3,(H,26,30)(H,27,28);1H/t22-;/m1./s1. The largest absolute Gasteiger partial charge is 0.497 e. The number of benzene rings is 1. The van der Waals surface area contributed by atoms with Gasteiger partial charge in [0.2, 0.25) is 5.91 Å². The van der Waals surface area contributed by atoms with E-state index in [2.05, 4.69) is 16.0 Å². The number of methoxy groups -OCH3 is 1. The molecule has 1 saturated carbocycles. The van der Waals surface area contributed by atoms with Crippen LogP contribution >= 0.6 is 24.6 Å². The molecule has 0 spiro atoms. The molecule has 31 heavy (non-hydrogen) atoms. The molecule has 2 fully saturated rings. The van der Waals surface area contributed by atoms with Crippen LogP contribution in [0.25, 0.3) is 0 Å². The van der Waals surface area contributed by atoms with Gasteiger partial charge in [-0.25, -0.2) is 0 Å². The zero-order chi connectivity index (χ0) is 21.2. The van der Waals surface area contributed by atoms with Crippen LogP contribution in [-0.2, 0) is 11.3 Å². The molecule has 0 bridgehead atoms. The molecule has 1 amide bonds. The van der Waals surface area contributed by atoms with Gasteiger partial charge in [0.1, 0.15) is 5.75 Å². The van der Waals surface area contributed by atoms with Gasteiger partial charge in [-0.15, -0.1) is 12.4 Å². The summed E-state index contributed by atoms with van der Waals surface area (Å²) in [5.74, 6) is 1.90. The molecule has 2 aliphatic rings. The molecule has 5 nitrogen and oxygen atoms in total. The maximum absolute atomic E-state index is 12.9. The lowest BCUT2D eigenvalue weighted by atomic mass is 9.85. The van der Waals surface area contributed by atoms with Crippen LogP contribution in [0.5, 0.6) is 5.75 Å². The van der Waals surface area contributed by atoms with Crippen molar-refractivity contribution in [2.24, 2.45) is 11.8 Å². The third kappa shape index (κ3) is 8.59. The van der Waals surface area contributed by atoms with E-state index < -0.39 is 0 Å². The number of halogens is 1. The van der Waals surface area contributed by atoms with E-state index >= 15 is 0 Å². The zero-order valence-electron chi connectivity index (χ0n) is 18.7. The minimum absolute atomic E-state index is 0. The Hall–Kier alpha value is -1.37. The number of rotatable bonds is 9. The first-order valence-corrected chi connectivity index (χ1v) is 12.0. The molecule has 1 aromatic carbocycles. The van der Waals surface area contributed by atoms with E-state index in [4.69, 9.17) is 17.0 Å². The minimum atomic E-state index is -0.0810. The molecule has 1 heterocycles. The van der Waals surface area contributed by atoms with Gasteiger partial charge >= 0.3 is 0 Å². The second-order valence-corrected chi connectivity index (χ2v) is 9.17. The summed E-state index contributed by atoms with van der Waals surface area (Å²) >= 11 is 5.75. The summed E-state index contributed by atoms with van der Waals surface area (Å²) < 4.78 is 5.23. The van der Waals surface area contributed by atoms with E-state index in [1.807, 2.05) is 24.3 Å². The average molecular weight is 468 g/mol. The van der Waals surface area contributed by atoms with Crippen LogP contribution in [-0.4, -0.2) is 37.1 Å². The fourth-order valence-corrected chi connectivity index (χ4v) is 4.83. The Balaban J connectivity index is 0.00000341. The highest BCUT2D eigenvalue weighted by Crippen LogP contribution is 2.28. The number of carbonyl (C=O) groups excluding carboxylic acids is 1. The Kier molecular flexibility index (Phi) is 11.6. The molecule has 3 rings (SSSR count). The first kappa shape index (κ1) is 25.9. The fourth-order valence-electron chi connectivity index (χ4n) is 4.58. The quantitative estimate of drug-likeness (QED) is 0.470. The third-order valence-corrected chi connectivity index (χ3v) is 6.99. The van der Waals surface area contributed by atoms with Crippen LogP contribution in [0.1, 0.15) is 63.4 Å². The van der Waals surface area contributed by atoms with Gasteiger partial charge in [0, 0.05) is 12.5 Å². The number of thiocarbonyl (C=S) groups is 1. The average Bonchev–Trinajstić information content (AvgIpc) is 2.81. The van der Waals surface area contributed by atoms with Crippen molar-refractivity contribution >= 4 is 35.5 Å². The molecule has 1 aliphatic heterocycles. The van der Waals surface area contributed by atoms with Gasteiger partial charge in [-0.05, 0) is 62.4 Å². The minimum Gasteiger partial charge on any atom is -0.497 e. The number of carbonyl (C=O) groups is 1. The maximum Gasteiger partial charge on any atom is 0.223 e. The SMILES string of the molecule is COc1ccc(CNC(=S)[C@@H](CCC2CCCCC2)NC(=O)C2CCNCC2)cc1.Cl. The molecule has 174 valence electrons. The van der Waals surface area contributed by atoms with Gasteiger partial charge in [0.25, 0.3) is 0 Å². The first-order valence-electron chi connectivity index (χ1n) is 11.6. The number of amides is 1. The Bertz CT molecular complexity index is 674. The van der Waals surface area contributed by atoms with Crippen LogP contribution in [0.4, 0.5) is 0 Å². The van der Waals surface area contributed by atoms with Crippen LogP contribution < -0.4 is 20.7 Å². The second kappa shape index (κ2) is 13.9. The van der Waals surface area contributed by atoms with Crippen LogP contribution in [0, 0.1) is 11.8 Å². The van der Waals surface area contributed by atoms with E-state index in [0.29, 0.717) is 6.54 Å². The summed E-state index contributed by atoms with van der Waals surface area (Å²) in [6.07, 6.45) is 10.6. The summed E-state index contributed by atoms with van der Waals surface area (Å²) in [6, 6.07) is 7.92. The molecule has 7 heteroatoms. The number of piperidine rings is 1. The van der Waals surface area contributed by atoms with Gasteiger partial charge in [-0.2, -0.15) is 0 Å². The molecular weight excluding hydrogens is 430 g/mol. The lowest BCUT2D eigenvalue weighted by Crippen LogP contribution is -2.49. The van der Waals surface area contributed by atoms with Crippen molar-refractivity contribution in [1.29, 1.82) is 0 Å². The Morgan fingerprint density at radius 3 is 2.45 bits per heavy atom. The summed E-state index contributed by atoms with van der Waals surface area (Å²) in [6.45, 7) is 2.50. The molecule has 1 aromatic rings. The summed E-state index contributed by atoms with van der Waals surface area (Å²) in [7, 11) is 1.67. The molecule has 0 radical (unpaired) electrons. The van der Waals surface area contributed by atoms with Crippen molar-refractivity contribution < 1.29 is 9.53 Å². The third-order valence-electron chi connectivity index (χ3n) is 6.56. The smallest absolute Gasteiger partial charge is 0.223 e. The lowest BCUT2D eigenvalue weighted by molar-refractivity contribution is -0.126.